The standard InChI is InChI=1S/C47H76N2O11/c1-8-37-41(54)40(53)30(5)49(22-10-13-35(51)42(27(2)24-28(3)43(55)59-37)60-38-14-9-12-29(4)58-38)23-11-21-48-44(56)47(57)20-18-34-33-16-15-31-25-32(50)17-19-45(31,6)39(33)36(52)26-46(34,47)7/h17,19,25,27-30,33-42,51-54,57H,8-16,18,20-24,26H2,1-7H3,(H,48,56)/t27-,28+,29+,30+,33?,34?,35+,36-,37+,38-,39?,40+,41+,42+,45-,46-,47-/m0/s1. The van der Waals surface area contributed by atoms with Crippen LogP contribution in [0.2, 0.25) is 0 Å². The molecule has 0 spiro atoms. The SMILES string of the molecule is CC[C@H]1OC(=O)[C@H](C)C[C@H](C)[C@@H](O[C@H]2CCC[C@@H](C)O2)[C@H](O)CCCN(CCCNC(=O)[C@@]2(O)CCC3C4CCC5=CC(=O)C=C[C@]5(C)C4[C@@H](O)C[C@@]32C)[C@H](C)[C@@H](O)[C@@H]1O. The minimum Gasteiger partial charge on any atom is -0.459 e. The van der Waals surface area contributed by atoms with Crippen molar-refractivity contribution < 1.29 is 54.1 Å². The molecule has 0 aromatic rings. The van der Waals surface area contributed by atoms with Crippen LogP contribution < -0.4 is 5.32 Å². The van der Waals surface area contributed by atoms with Crippen molar-refractivity contribution in [3.8, 4) is 0 Å². The number of esters is 1. The Balaban J connectivity index is 1.11. The summed E-state index contributed by atoms with van der Waals surface area (Å²) < 4.78 is 18.4. The summed E-state index contributed by atoms with van der Waals surface area (Å²) in [6.45, 7) is 14.6. The van der Waals surface area contributed by atoms with Crippen LogP contribution in [0, 0.1) is 40.4 Å². The number of hydrogen-bond acceptors (Lipinski definition) is 12. The van der Waals surface area contributed by atoms with Crippen LogP contribution in [0.4, 0.5) is 0 Å². The minimum absolute atomic E-state index is 0.0185. The van der Waals surface area contributed by atoms with E-state index in [4.69, 9.17) is 14.2 Å². The smallest absolute Gasteiger partial charge is 0.309 e. The summed E-state index contributed by atoms with van der Waals surface area (Å²) in [5.74, 6) is -1.63. The summed E-state index contributed by atoms with van der Waals surface area (Å²) in [7, 11) is 0. The molecule has 0 aromatic heterocycles. The van der Waals surface area contributed by atoms with Crippen molar-refractivity contribution in [2.75, 3.05) is 19.6 Å². The minimum atomic E-state index is -1.66. The number of allylic oxidation sites excluding steroid dienone is 4. The average molecular weight is 845 g/mol. The van der Waals surface area contributed by atoms with E-state index < -0.39 is 83.2 Å². The fourth-order valence-corrected chi connectivity index (χ4v) is 12.5. The molecule has 6 rings (SSSR count). The summed E-state index contributed by atoms with van der Waals surface area (Å²) in [5.41, 5.74) is -1.86. The van der Waals surface area contributed by atoms with Gasteiger partial charge in [-0.2, -0.15) is 0 Å². The van der Waals surface area contributed by atoms with Crippen molar-refractivity contribution in [1.82, 2.24) is 10.2 Å². The van der Waals surface area contributed by atoms with Crippen molar-refractivity contribution in [2.24, 2.45) is 40.4 Å². The number of rotatable bonds is 8. The van der Waals surface area contributed by atoms with Gasteiger partial charge in [0.25, 0.3) is 5.91 Å². The van der Waals surface area contributed by atoms with Crippen LogP contribution in [0.25, 0.3) is 0 Å². The summed E-state index contributed by atoms with van der Waals surface area (Å²) in [6.07, 6.45) is 6.86. The Morgan fingerprint density at radius 1 is 0.983 bits per heavy atom. The largest absolute Gasteiger partial charge is 0.459 e. The molecule has 0 bridgehead atoms. The molecule has 340 valence electrons. The fourth-order valence-electron chi connectivity index (χ4n) is 12.5. The van der Waals surface area contributed by atoms with Crippen molar-refractivity contribution in [3.63, 3.8) is 0 Å². The van der Waals surface area contributed by atoms with E-state index in [9.17, 15) is 39.9 Å². The van der Waals surface area contributed by atoms with Crippen LogP contribution in [-0.2, 0) is 28.6 Å². The van der Waals surface area contributed by atoms with Gasteiger partial charge in [0.05, 0.1) is 36.4 Å². The predicted molar refractivity (Wildman–Crippen MR) is 225 cm³/mol. The van der Waals surface area contributed by atoms with E-state index in [0.29, 0.717) is 58.0 Å². The zero-order chi connectivity index (χ0) is 43.7. The third-order valence-electron chi connectivity index (χ3n) is 16.2. The molecule has 3 unspecified atom stereocenters. The Morgan fingerprint density at radius 3 is 2.45 bits per heavy atom. The Hall–Kier alpha value is -2.23. The normalized spacial score (nSPS) is 45.9. The first kappa shape index (κ1) is 47.3. The van der Waals surface area contributed by atoms with Crippen molar-refractivity contribution >= 4 is 17.7 Å². The van der Waals surface area contributed by atoms with E-state index in [1.807, 2.05) is 38.7 Å². The van der Waals surface area contributed by atoms with E-state index in [2.05, 4.69) is 12.2 Å². The second-order valence-corrected chi connectivity index (χ2v) is 20.1. The lowest BCUT2D eigenvalue weighted by Gasteiger charge is -2.59. The first-order chi connectivity index (χ1) is 28.3. The average Bonchev–Trinajstić information content (AvgIpc) is 3.48. The molecule has 2 saturated heterocycles. The monoisotopic (exact) mass is 845 g/mol. The van der Waals surface area contributed by atoms with Gasteiger partial charge in [-0.1, -0.05) is 46.3 Å². The molecular formula is C47H76N2O11. The molecule has 6 N–H and O–H groups in total. The highest BCUT2D eigenvalue weighted by Gasteiger charge is 2.68. The van der Waals surface area contributed by atoms with Gasteiger partial charge in [-0.25, -0.2) is 0 Å². The van der Waals surface area contributed by atoms with Gasteiger partial charge in [-0.15, -0.1) is 0 Å². The maximum Gasteiger partial charge on any atom is 0.309 e. The lowest BCUT2D eigenvalue weighted by molar-refractivity contribution is -0.236. The lowest BCUT2D eigenvalue weighted by Crippen LogP contribution is -2.63. The first-order valence-corrected chi connectivity index (χ1v) is 23.3. The molecule has 60 heavy (non-hydrogen) atoms. The highest BCUT2D eigenvalue weighted by molar-refractivity contribution is 6.01. The second kappa shape index (κ2) is 19.3. The fraction of sp³-hybridized carbons (Fsp3) is 0.851. The number of ether oxygens (including phenoxy) is 3. The topological polar surface area (TPSA) is 195 Å². The quantitative estimate of drug-likeness (QED) is 0.150. The summed E-state index contributed by atoms with van der Waals surface area (Å²) in [4.78, 5) is 41.7. The Kier molecular flexibility index (Phi) is 15.2. The lowest BCUT2D eigenvalue weighted by atomic mass is 9.46. The summed E-state index contributed by atoms with van der Waals surface area (Å²) in [6, 6.07) is -0.563. The second-order valence-electron chi connectivity index (χ2n) is 20.1. The molecule has 6 aliphatic rings. The van der Waals surface area contributed by atoms with Crippen LogP contribution in [0.3, 0.4) is 0 Å². The maximum atomic E-state index is 14.1. The molecule has 0 radical (unpaired) electrons. The van der Waals surface area contributed by atoms with Gasteiger partial charge in [0.15, 0.2) is 12.1 Å². The van der Waals surface area contributed by atoms with E-state index in [1.165, 1.54) is 0 Å². The highest BCUT2D eigenvalue weighted by Crippen LogP contribution is 2.67. The van der Waals surface area contributed by atoms with Gasteiger partial charge in [0.2, 0.25) is 0 Å². The Morgan fingerprint density at radius 2 is 1.73 bits per heavy atom. The van der Waals surface area contributed by atoms with Crippen LogP contribution in [0.1, 0.15) is 132 Å². The number of carbonyl (C=O) groups excluding carboxylic acids is 3. The molecule has 4 aliphatic carbocycles. The molecule has 1 amide bonds. The Bertz CT molecular complexity index is 1590. The van der Waals surface area contributed by atoms with Crippen LogP contribution >= 0.6 is 0 Å². The van der Waals surface area contributed by atoms with Crippen molar-refractivity contribution in [3.05, 3.63) is 23.8 Å². The van der Waals surface area contributed by atoms with Gasteiger partial charge in [0, 0.05) is 35.9 Å². The van der Waals surface area contributed by atoms with E-state index >= 15 is 0 Å². The van der Waals surface area contributed by atoms with Gasteiger partial charge >= 0.3 is 5.97 Å². The molecular weight excluding hydrogens is 769 g/mol. The van der Waals surface area contributed by atoms with E-state index in [1.54, 1.807) is 26.0 Å². The third-order valence-corrected chi connectivity index (χ3v) is 16.2. The molecule has 0 aromatic carbocycles. The number of nitrogens with zero attached hydrogens (tertiary/aromatic N) is 1. The molecule has 13 heteroatoms. The van der Waals surface area contributed by atoms with Gasteiger partial charge < -0.3 is 45.1 Å². The highest BCUT2D eigenvalue weighted by atomic mass is 16.7. The molecule has 17 atom stereocenters. The predicted octanol–water partition coefficient (Wildman–Crippen LogP) is 4.35. The van der Waals surface area contributed by atoms with Crippen molar-refractivity contribution in [2.45, 2.75) is 193 Å². The number of aliphatic hydroxyl groups excluding tert-OH is 4. The number of nitrogens with one attached hydrogen (secondary N) is 1. The molecule has 2 aliphatic heterocycles. The third kappa shape index (κ3) is 9.35. The van der Waals surface area contributed by atoms with Gasteiger partial charge in [0.1, 0.15) is 17.8 Å². The first-order valence-electron chi connectivity index (χ1n) is 23.3. The molecule has 13 nitrogen and oxygen atoms in total. The molecule has 2 heterocycles. The van der Waals surface area contributed by atoms with Gasteiger partial charge in [-0.05, 0) is 134 Å². The summed E-state index contributed by atoms with van der Waals surface area (Å²) >= 11 is 0. The number of ketones is 1. The van der Waals surface area contributed by atoms with Crippen LogP contribution in [-0.4, -0.2) is 128 Å². The number of aliphatic hydroxyl groups is 5. The van der Waals surface area contributed by atoms with Crippen LogP contribution in [0.15, 0.2) is 23.8 Å². The molecule has 5 fully saturated rings. The number of carbonyl (C=O) groups is 3. The maximum absolute atomic E-state index is 14.1. The van der Waals surface area contributed by atoms with Crippen molar-refractivity contribution in [1.29, 1.82) is 0 Å². The summed E-state index contributed by atoms with van der Waals surface area (Å²) in [5, 5.41) is 61.6. The number of hydrogen-bond donors (Lipinski definition) is 6. The molecule has 3 saturated carbocycles. The zero-order valence-electron chi connectivity index (χ0n) is 37.3. The van der Waals surface area contributed by atoms with Crippen LogP contribution in [0.5, 0.6) is 0 Å². The van der Waals surface area contributed by atoms with Gasteiger partial charge in [-0.3, -0.25) is 19.3 Å². The van der Waals surface area contributed by atoms with E-state index in [-0.39, 0.29) is 48.5 Å². The number of cyclic esters (lactones) is 1. The Labute approximate surface area is 357 Å². The number of amides is 1. The van der Waals surface area contributed by atoms with E-state index in [0.717, 1.165) is 37.7 Å². The zero-order valence-corrected chi connectivity index (χ0v) is 37.3. The number of fused-ring (bicyclic) bond motifs is 5.